The second-order valence-corrected chi connectivity index (χ2v) is 8.79. The minimum absolute atomic E-state index is 0.0201. The van der Waals surface area contributed by atoms with Gasteiger partial charge in [0.15, 0.2) is 0 Å². The van der Waals surface area contributed by atoms with Crippen LogP contribution < -0.4 is 4.74 Å². The number of rotatable bonds is 6. The molecule has 0 aliphatic carbocycles. The van der Waals surface area contributed by atoms with Crippen LogP contribution in [-0.2, 0) is 11.2 Å². The number of nitrogens with zero attached hydrogens (tertiary/aromatic N) is 3. The molecule has 180 valence electrons. The molecule has 0 unspecified atom stereocenters. The molecular formula is C27H33N3O4. The van der Waals surface area contributed by atoms with Gasteiger partial charge in [0.2, 0.25) is 11.8 Å². The van der Waals surface area contributed by atoms with Crippen LogP contribution in [0.4, 0.5) is 0 Å². The van der Waals surface area contributed by atoms with Gasteiger partial charge in [-0.05, 0) is 18.6 Å². The molecular weight excluding hydrogens is 430 g/mol. The molecule has 0 radical (unpaired) electrons. The second kappa shape index (κ2) is 11.7. The lowest BCUT2D eigenvalue weighted by Crippen LogP contribution is -2.50. The van der Waals surface area contributed by atoms with Gasteiger partial charge in [-0.15, -0.1) is 0 Å². The highest BCUT2D eigenvalue weighted by Gasteiger charge is 2.34. The molecule has 1 aliphatic heterocycles. The van der Waals surface area contributed by atoms with Crippen LogP contribution in [0.25, 0.3) is 0 Å². The maximum absolute atomic E-state index is 13.4. The van der Waals surface area contributed by atoms with Crippen molar-refractivity contribution in [2.45, 2.75) is 45.8 Å². The monoisotopic (exact) mass is 463 g/mol. The lowest BCUT2D eigenvalue weighted by Gasteiger charge is -2.37. The summed E-state index contributed by atoms with van der Waals surface area (Å²) in [5, 5.41) is 9.78. The third-order valence-electron chi connectivity index (χ3n) is 6.07. The van der Waals surface area contributed by atoms with Crippen molar-refractivity contribution in [3.63, 3.8) is 0 Å². The van der Waals surface area contributed by atoms with Gasteiger partial charge in [-0.2, -0.15) is 0 Å². The molecule has 34 heavy (non-hydrogen) atoms. The minimum atomic E-state index is -0.371. The first-order chi connectivity index (χ1) is 16.3. The highest BCUT2D eigenvalue weighted by molar-refractivity contribution is 5.97. The molecule has 1 N–H and O–H groups in total. The van der Waals surface area contributed by atoms with Crippen LogP contribution in [0.3, 0.4) is 0 Å². The van der Waals surface area contributed by atoms with Crippen LogP contribution in [-0.4, -0.2) is 70.6 Å². The molecule has 2 heterocycles. The zero-order valence-electron chi connectivity index (χ0n) is 20.3. The van der Waals surface area contributed by atoms with E-state index in [2.05, 4.69) is 16.8 Å². The van der Waals surface area contributed by atoms with E-state index in [1.54, 1.807) is 29.1 Å². The minimum Gasteiger partial charge on any atom is -0.472 e. The van der Waals surface area contributed by atoms with Gasteiger partial charge in [-0.3, -0.25) is 9.59 Å². The number of carbonyl (C=O) groups is 2. The van der Waals surface area contributed by atoms with E-state index in [4.69, 9.17) is 4.74 Å². The number of ether oxygens (including phenoxy) is 1. The molecule has 7 heteroatoms. The molecule has 0 spiro atoms. The van der Waals surface area contributed by atoms with Gasteiger partial charge in [-0.1, -0.05) is 56.0 Å². The largest absolute Gasteiger partial charge is 0.472 e. The molecule has 3 atom stereocenters. The fourth-order valence-corrected chi connectivity index (χ4v) is 3.87. The Morgan fingerprint density at radius 3 is 2.76 bits per heavy atom. The topological polar surface area (TPSA) is 83.0 Å². The first kappa shape index (κ1) is 25.3. The zero-order chi connectivity index (χ0) is 24.7. The Kier molecular flexibility index (Phi) is 8.67. The first-order valence-electron chi connectivity index (χ1n) is 11.7. The highest BCUT2D eigenvalue weighted by atomic mass is 16.5. The maximum atomic E-state index is 13.4. The van der Waals surface area contributed by atoms with Crippen molar-refractivity contribution < 1.29 is 19.4 Å². The van der Waals surface area contributed by atoms with E-state index >= 15 is 0 Å². The Hall–Kier alpha value is -3.37. The van der Waals surface area contributed by atoms with Gasteiger partial charge in [0, 0.05) is 44.1 Å². The number of aromatic nitrogens is 1. The molecule has 2 amide bonds. The molecule has 0 bridgehead atoms. The number of benzene rings is 1. The molecule has 0 saturated heterocycles. The van der Waals surface area contributed by atoms with Gasteiger partial charge in [0.25, 0.3) is 5.91 Å². The summed E-state index contributed by atoms with van der Waals surface area (Å²) in [5.74, 6) is 6.14. The number of likely N-dealkylation sites (N-methyl/N-ethyl adjacent to an activating group) is 1. The van der Waals surface area contributed by atoms with Crippen LogP contribution in [0.15, 0.2) is 42.6 Å². The SMILES string of the molecule is CCC(=O)N(C)C[C@@H]1Oc2ncc(C#CCc3ccccc3)cc2C(=O)N([C@H](C)CO)C[C@H]1C. The van der Waals surface area contributed by atoms with E-state index in [1.165, 1.54) is 0 Å². The molecule has 0 fully saturated rings. The standard InChI is InChI=1S/C27H33N3O4/c1-5-25(32)29(4)17-24-19(2)16-30(20(3)18-31)27(33)23-14-22(15-28-26(23)34-24)13-9-12-21-10-7-6-8-11-21/h6-8,10-11,14-15,19-20,24,31H,5,12,16-18H2,1-4H3/t19-,20-,24+/m1/s1. The number of hydrogen-bond donors (Lipinski definition) is 1. The van der Waals surface area contributed by atoms with Crippen LogP contribution >= 0.6 is 0 Å². The van der Waals surface area contributed by atoms with Crippen LogP contribution in [0.5, 0.6) is 5.88 Å². The summed E-state index contributed by atoms with van der Waals surface area (Å²) in [7, 11) is 1.75. The summed E-state index contributed by atoms with van der Waals surface area (Å²) in [6.45, 7) is 6.23. The number of hydrogen-bond acceptors (Lipinski definition) is 5. The van der Waals surface area contributed by atoms with Crippen molar-refractivity contribution >= 4 is 11.8 Å². The molecule has 1 aliphatic rings. The summed E-state index contributed by atoms with van der Waals surface area (Å²) in [5.41, 5.74) is 2.04. The third-order valence-corrected chi connectivity index (χ3v) is 6.07. The van der Waals surface area contributed by atoms with E-state index in [9.17, 15) is 14.7 Å². The number of carbonyl (C=O) groups excluding carboxylic acids is 2. The van der Waals surface area contributed by atoms with Crippen LogP contribution in [0.2, 0.25) is 0 Å². The van der Waals surface area contributed by atoms with Gasteiger partial charge in [0.1, 0.15) is 11.7 Å². The molecule has 0 saturated carbocycles. The second-order valence-electron chi connectivity index (χ2n) is 8.79. The van der Waals surface area contributed by atoms with Gasteiger partial charge >= 0.3 is 0 Å². The summed E-state index contributed by atoms with van der Waals surface area (Å²) in [6, 6.07) is 11.3. The van der Waals surface area contributed by atoms with Crippen molar-refractivity contribution in [3.8, 4) is 17.7 Å². The van der Waals surface area contributed by atoms with E-state index < -0.39 is 0 Å². The van der Waals surface area contributed by atoms with E-state index in [1.807, 2.05) is 51.1 Å². The molecule has 1 aromatic carbocycles. The molecule has 1 aromatic heterocycles. The number of amides is 2. The summed E-state index contributed by atoms with van der Waals surface area (Å²) < 4.78 is 6.21. The van der Waals surface area contributed by atoms with Crippen molar-refractivity contribution in [2.24, 2.45) is 5.92 Å². The molecule has 7 nitrogen and oxygen atoms in total. The quantitative estimate of drug-likeness (QED) is 0.666. The number of aliphatic hydroxyl groups excluding tert-OH is 1. The molecule has 3 rings (SSSR count). The van der Waals surface area contributed by atoms with E-state index in [0.717, 1.165) is 5.56 Å². The fraction of sp³-hybridized carbons (Fsp3) is 0.444. The lowest BCUT2D eigenvalue weighted by molar-refractivity contribution is -0.131. The Morgan fingerprint density at radius 2 is 2.09 bits per heavy atom. The average Bonchev–Trinajstić information content (AvgIpc) is 2.85. The normalized spacial score (nSPS) is 18.5. The van der Waals surface area contributed by atoms with E-state index in [0.29, 0.717) is 37.1 Å². The Morgan fingerprint density at radius 1 is 1.35 bits per heavy atom. The van der Waals surface area contributed by atoms with Crippen molar-refractivity contribution in [2.75, 3.05) is 26.7 Å². The number of aliphatic hydroxyl groups is 1. The predicted octanol–water partition coefficient (Wildman–Crippen LogP) is 2.76. The zero-order valence-corrected chi connectivity index (χ0v) is 20.3. The first-order valence-corrected chi connectivity index (χ1v) is 11.7. The van der Waals surface area contributed by atoms with Crippen molar-refractivity contribution in [1.29, 1.82) is 0 Å². The predicted molar refractivity (Wildman–Crippen MR) is 130 cm³/mol. The van der Waals surface area contributed by atoms with Crippen molar-refractivity contribution in [1.82, 2.24) is 14.8 Å². The van der Waals surface area contributed by atoms with Crippen molar-refractivity contribution in [3.05, 3.63) is 59.3 Å². The molecule has 2 aromatic rings. The maximum Gasteiger partial charge on any atom is 0.259 e. The van der Waals surface area contributed by atoms with E-state index in [-0.39, 0.29) is 42.4 Å². The summed E-state index contributed by atoms with van der Waals surface area (Å²) >= 11 is 0. The Labute approximate surface area is 201 Å². The van der Waals surface area contributed by atoms with Gasteiger partial charge < -0.3 is 19.6 Å². The number of fused-ring (bicyclic) bond motifs is 1. The van der Waals surface area contributed by atoms with Gasteiger partial charge in [-0.25, -0.2) is 4.98 Å². The fourth-order valence-electron chi connectivity index (χ4n) is 3.87. The third kappa shape index (κ3) is 6.15. The highest BCUT2D eigenvalue weighted by Crippen LogP contribution is 2.27. The Balaban J connectivity index is 1.93. The number of pyridine rings is 1. The van der Waals surface area contributed by atoms with Gasteiger partial charge in [0.05, 0.1) is 19.2 Å². The Bertz CT molecular complexity index is 1060. The summed E-state index contributed by atoms with van der Waals surface area (Å²) in [4.78, 5) is 33.3. The van der Waals surface area contributed by atoms with Crippen LogP contribution in [0.1, 0.15) is 48.7 Å². The average molecular weight is 464 g/mol. The lowest BCUT2D eigenvalue weighted by atomic mass is 9.99. The van der Waals surface area contributed by atoms with Crippen LogP contribution in [0, 0.1) is 17.8 Å². The smallest absolute Gasteiger partial charge is 0.259 e. The summed E-state index contributed by atoms with van der Waals surface area (Å²) in [6.07, 6.45) is 2.24.